The lowest BCUT2D eigenvalue weighted by Crippen LogP contribution is -2.49. The highest BCUT2D eigenvalue weighted by atomic mass is 31.0. The minimum absolute atomic E-state index is 0.417. The molecule has 0 N–H and O–H groups in total. The third-order valence-corrected chi connectivity index (χ3v) is 5.23. The maximum atomic E-state index is 2.72. The molecule has 1 heteroatoms. The van der Waals surface area contributed by atoms with Gasteiger partial charge in [0.1, 0.15) is 0 Å². The van der Waals surface area contributed by atoms with Crippen molar-refractivity contribution >= 4 is 9.24 Å². The van der Waals surface area contributed by atoms with Crippen LogP contribution in [0.25, 0.3) is 0 Å². The van der Waals surface area contributed by atoms with Gasteiger partial charge in [0.2, 0.25) is 0 Å². The fourth-order valence-electron chi connectivity index (χ4n) is 5.34. The zero-order chi connectivity index (χ0) is 14.4. The number of rotatable bonds is 0. The fourth-order valence-corrected chi connectivity index (χ4v) is 5.34. The van der Waals surface area contributed by atoms with Gasteiger partial charge in [-0.05, 0) is 72.3 Å². The van der Waals surface area contributed by atoms with Crippen molar-refractivity contribution in [2.24, 2.45) is 35.0 Å². The largest absolute Gasteiger partial charge is 0.132 e. The highest BCUT2D eigenvalue weighted by Gasteiger charge is 2.51. The van der Waals surface area contributed by atoms with Crippen LogP contribution in [0.2, 0.25) is 0 Å². The van der Waals surface area contributed by atoms with Crippen molar-refractivity contribution in [3.63, 3.8) is 0 Å². The van der Waals surface area contributed by atoms with Gasteiger partial charge in [0, 0.05) is 0 Å². The van der Waals surface area contributed by atoms with Crippen LogP contribution >= 0.6 is 9.24 Å². The summed E-state index contributed by atoms with van der Waals surface area (Å²) in [7, 11) is 2.72. The Bertz CT molecular complexity index is 271. The molecule has 0 aliphatic heterocycles. The van der Waals surface area contributed by atoms with E-state index in [1.54, 1.807) is 32.1 Å². The Kier molecular flexibility index (Phi) is 4.43. The van der Waals surface area contributed by atoms with Gasteiger partial charge in [-0.15, -0.1) is 9.24 Å². The molecule has 4 rings (SSSR count). The van der Waals surface area contributed by atoms with E-state index in [0.29, 0.717) is 10.6 Å². The summed E-state index contributed by atoms with van der Waals surface area (Å²) in [6.07, 6.45) is 7.90. The van der Waals surface area contributed by atoms with Gasteiger partial charge in [0.15, 0.2) is 0 Å². The lowest BCUT2D eigenvalue weighted by molar-refractivity contribution is -0.0811. The van der Waals surface area contributed by atoms with E-state index in [9.17, 15) is 0 Å². The SMILES string of the molecule is CC(C)(C)C1C2CC3CC(C2)CC1C3.CC(C)(C)P. The van der Waals surface area contributed by atoms with Crippen LogP contribution in [0.3, 0.4) is 0 Å². The summed E-state index contributed by atoms with van der Waals surface area (Å²) >= 11 is 0. The van der Waals surface area contributed by atoms with Crippen LogP contribution in [-0.2, 0) is 0 Å². The van der Waals surface area contributed by atoms with E-state index in [0.717, 1.165) is 29.6 Å². The molecule has 4 saturated carbocycles. The predicted molar refractivity (Wildman–Crippen MR) is 89.5 cm³/mol. The fraction of sp³-hybridized carbons (Fsp3) is 1.00. The van der Waals surface area contributed by atoms with E-state index >= 15 is 0 Å². The molecule has 0 nitrogen and oxygen atoms in total. The summed E-state index contributed by atoms with van der Waals surface area (Å²) in [6.45, 7) is 13.9. The molecule has 0 radical (unpaired) electrons. The minimum atomic E-state index is 0.417. The second-order valence-corrected chi connectivity index (χ2v) is 11.4. The molecule has 0 aromatic rings. The van der Waals surface area contributed by atoms with Crippen molar-refractivity contribution in [3.05, 3.63) is 0 Å². The number of hydrogen-bond acceptors (Lipinski definition) is 0. The molecule has 4 bridgehead atoms. The summed E-state index contributed by atoms with van der Waals surface area (Å²) in [4.78, 5) is 0. The molecule has 0 heterocycles. The quantitative estimate of drug-likeness (QED) is 0.495. The van der Waals surface area contributed by atoms with E-state index < -0.39 is 0 Å². The zero-order valence-corrected chi connectivity index (χ0v) is 15.2. The van der Waals surface area contributed by atoms with Crippen LogP contribution in [0.4, 0.5) is 0 Å². The Morgan fingerprint density at radius 2 is 1.00 bits per heavy atom. The molecule has 4 fully saturated rings. The van der Waals surface area contributed by atoms with Gasteiger partial charge in [-0.25, -0.2) is 0 Å². The molecular formula is C18H35P. The maximum absolute atomic E-state index is 2.72. The van der Waals surface area contributed by atoms with Crippen molar-refractivity contribution < 1.29 is 0 Å². The second kappa shape index (κ2) is 5.32. The summed E-state index contributed by atoms with van der Waals surface area (Å²) in [6, 6.07) is 0. The monoisotopic (exact) mass is 282 g/mol. The topological polar surface area (TPSA) is 0 Å². The van der Waals surface area contributed by atoms with Crippen LogP contribution in [0.1, 0.15) is 73.6 Å². The van der Waals surface area contributed by atoms with Gasteiger partial charge in [0.25, 0.3) is 0 Å². The third-order valence-electron chi connectivity index (χ3n) is 5.23. The van der Waals surface area contributed by atoms with Crippen LogP contribution < -0.4 is 0 Å². The van der Waals surface area contributed by atoms with Crippen LogP contribution in [0.5, 0.6) is 0 Å². The smallest absolute Gasteiger partial charge is 0.0235 e. The Morgan fingerprint density at radius 3 is 1.26 bits per heavy atom. The van der Waals surface area contributed by atoms with E-state index in [1.807, 2.05) is 0 Å². The van der Waals surface area contributed by atoms with E-state index in [1.165, 1.54) is 0 Å². The first kappa shape index (κ1) is 15.8. The normalized spacial score (nSPS) is 40.9. The minimum Gasteiger partial charge on any atom is -0.132 e. The van der Waals surface area contributed by atoms with E-state index in [-0.39, 0.29) is 0 Å². The average Bonchev–Trinajstić information content (AvgIpc) is 2.09. The molecule has 1 unspecified atom stereocenters. The van der Waals surface area contributed by atoms with Crippen LogP contribution in [0.15, 0.2) is 0 Å². The molecule has 0 spiro atoms. The van der Waals surface area contributed by atoms with Crippen molar-refractivity contribution in [2.75, 3.05) is 0 Å². The lowest BCUT2D eigenvalue weighted by Gasteiger charge is -2.58. The predicted octanol–water partition coefficient (Wildman–Crippen LogP) is 5.76. The Hall–Kier alpha value is 0.430. The van der Waals surface area contributed by atoms with Crippen molar-refractivity contribution in [1.29, 1.82) is 0 Å². The molecule has 0 aromatic carbocycles. The third kappa shape index (κ3) is 4.20. The first-order valence-electron chi connectivity index (χ1n) is 8.33. The van der Waals surface area contributed by atoms with Crippen molar-refractivity contribution in [3.8, 4) is 0 Å². The average molecular weight is 282 g/mol. The van der Waals surface area contributed by atoms with Crippen molar-refractivity contribution in [2.45, 2.75) is 78.8 Å². The molecular weight excluding hydrogens is 247 g/mol. The molecule has 19 heavy (non-hydrogen) atoms. The molecule has 112 valence electrons. The van der Waals surface area contributed by atoms with Gasteiger partial charge >= 0.3 is 0 Å². The van der Waals surface area contributed by atoms with Crippen molar-refractivity contribution in [1.82, 2.24) is 0 Å². The standard InChI is InChI=1S/C14H24.C4H11P/c1-14(2,3)13-11-5-9-4-10(7-11)8-12(13)6-9;1-4(2,3)5/h9-13H,4-8H2,1-3H3;5H2,1-3H3. The molecule has 4 aliphatic carbocycles. The molecule has 1 atom stereocenters. The van der Waals surface area contributed by atoms with Gasteiger partial charge in [-0.1, -0.05) is 41.5 Å². The summed E-state index contributed by atoms with van der Waals surface area (Å²) < 4.78 is 0. The van der Waals surface area contributed by atoms with Gasteiger partial charge in [-0.2, -0.15) is 0 Å². The first-order chi connectivity index (χ1) is 8.54. The summed E-state index contributed by atoms with van der Waals surface area (Å²) in [5.41, 5.74) is 0.572. The first-order valence-corrected chi connectivity index (χ1v) is 8.90. The van der Waals surface area contributed by atoms with E-state index in [2.05, 4.69) is 50.8 Å². The highest BCUT2D eigenvalue weighted by molar-refractivity contribution is 7.18. The Labute approximate surface area is 123 Å². The zero-order valence-electron chi connectivity index (χ0n) is 14.0. The highest BCUT2D eigenvalue weighted by Crippen LogP contribution is 2.60. The van der Waals surface area contributed by atoms with Gasteiger partial charge < -0.3 is 0 Å². The molecule has 0 saturated heterocycles. The Balaban J connectivity index is 0.000000232. The lowest BCUT2D eigenvalue weighted by atomic mass is 9.47. The summed E-state index contributed by atoms with van der Waals surface area (Å²) in [5.74, 6) is 5.53. The molecule has 4 aliphatic rings. The van der Waals surface area contributed by atoms with E-state index in [4.69, 9.17) is 0 Å². The molecule has 0 amide bonds. The van der Waals surface area contributed by atoms with Gasteiger partial charge in [-0.3, -0.25) is 0 Å². The maximum Gasteiger partial charge on any atom is -0.0235 e. The second-order valence-electron chi connectivity index (χ2n) is 9.69. The summed E-state index contributed by atoms with van der Waals surface area (Å²) in [5, 5.41) is 0.417. The van der Waals surface area contributed by atoms with Crippen LogP contribution in [-0.4, -0.2) is 5.16 Å². The van der Waals surface area contributed by atoms with Crippen LogP contribution in [0, 0.1) is 35.0 Å². The molecule has 0 aromatic heterocycles. The van der Waals surface area contributed by atoms with Gasteiger partial charge in [0.05, 0.1) is 0 Å². The Morgan fingerprint density at radius 1 is 0.684 bits per heavy atom. The number of hydrogen-bond donors (Lipinski definition) is 0.